The van der Waals surface area contributed by atoms with Crippen LogP contribution < -0.4 is 14.8 Å². The molecule has 4 aromatic rings. The number of thiazole rings is 1. The minimum atomic E-state index is -2.96. The lowest BCUT2D eigenvalue weighted by molar-refractivity contribution is -0.0512. The molecule has 2 heterocycles. The SMILES string of the molecule is COc1cc(CNC(=O)c2oc3ccccc3c2CSc2nc(C)cs2)ccc1OC(F)F. The van der Waals surface area contributed by atoms with E-state index in [4.69, 9.17) is 9.15 Å². The van der Waals surface area contributed by atoms with Gasteiger partial charge in [-0.2, -0.15) is 8.78 Å². The molecular formula is C23H20F2N2O4S2. The van der Waals surface area contributed by atoms with Crippen LogP contribution in [0.2, 0.25) is 0 Å². The van der Waals surface area contributed by atoms with Gasteiger partial charge in [0.1, 0.15) is 9.92 Å². The molecular weight excluding hydrogens is 470 g/mol. The number of carbonyl (C=O) groups excluding carboxylic acids is 1. The first kappa shape index (κ1) is 23.1. The van der Waals surface area contributed by atoms with Gasteiger partial charge in [0, 0.05) is 34.3 Å². The Hall–Kier alpha value is -3.11. The topological polar surface area (TPSA) is 73.6 Å². The second-order valence-electron chi connectivity index (χ2n) is 7.00. The van der Waals surface area contributed by atoms with Crippen molar-refractivity contribution in [2.24, 2.45) is 0 Å². The maximum atomic E-state index is 13.0. The summed E-state index contributed by atoms with van der Waals surface area (Å²) >= 11 is 3.11. The van der Waals surface area contributed by atoms with Crippen LogP contribution in [0.3, 0.4) is 0 Å². The third-order valence-electron chi connectivity index (χ3n) is 4.74. The zero-order chi connectivity index (χ0) is 23.4. The molecule has 1 N–H and O–H groups in total. The zero-order valence-corrected chi connectivity index (χ0v) is 19.4. The second-order valence-corrected chi connectivity index (χ2v) is 9.08. The molecule has 2 aromatic carbocycles. The van der Waals surface area contributed by atoms with Crippen molar-refractivity contribution >= 4 is 40.0 Å². The molecule has 0 bridgehead atoms. The summed E-state index contributed by atoms with van der Waals surface area (Å²) in [4.78, 5) is 17.5. The van der Waals surface area contributed by atoms with Gasteiger partial charge in [0.15, 0.2) is 17.3 Å². The Bertz CT molecular complexity index is 1270. The Morgan fingerprint density at radius 3 is 2.79 bits per heavy atom. The Morgan fingerprint density at radius 1 is 1.24 bits per heavy atom. The number of nitrogens with one attached hydrogen (secondary N) is 1. The number of hydrogen-bond donors (Lipinski definition) is 1. The van der Waals surface area contributed by atoms with Crippen molar-refractivity contribution in [1.29, 1.82) is 0 Å². The monoisotopic (exact) mass is 490 g/mol. The highest BCUT2D eigenvalue weighted by molar-refractivity contribution is 8.00. The third kappa shape index (κ3) is 5.45. The van der Waals surface area contributed by atoms with Crippen LogP contribution in [-0.2, 0) is 12.3 Å². The van der Waals surface area contributed by atoms with Crippen LogP contribution in [0.5, 0.6) is 11.5 Å². The number of alkyl halides is 2. The summed E-state index contributed by atoms with van der Waals surface area (Å²) in [5.74, 6) is 0.476. The second kappa shape index (κ2) is 10.2. The highest BCUT2D eigenvalue weighted by Crippen LogP contribution is 2.33. The molecule has 33 heavy (non-hydrogen) atoms. The molecule has 1 amide bonds. The summed E-state index contributed by atoms with van der Waals surface area (Å²) in [7, 11) is 1.36. The molecule has 4 rings (SSSR count). The van der Waals surface area contributed by atoms with Crippen molar-refractivity contribution in [3.8, 4) is 11.5 Å². The number of nitrogens with zero attached hydrogens (tertiary/aromatic N) is 1. The number of para-hydroxylation sites is 1. The maximum Gasteiger partial charge on any atom is 0.387 e. The number of thioether (sulfide) groups is 1. The van der Waals surface area contributed by atoms with Crippen LogP contribution in [0.4, 0.5) is 8.78 Å². The van der Waals surface area contributed by atoms with Crippen LogP contribution >= 0.6 is 23.1 Å². The van der Waals surface area contributed by atoms with Gasteiger partial charge >= 0.3 is 6.61 Å². The highest BCUT2D eigenvalue weighted by Gasteiger charge is 2.21. The number of amides is 1. The number of rotatable bonds is 9. The number of hydrogen-bond acceptors (Lipinski definition) is 7. The predicted molar refractivity (Wildman–Crippen MR) is 123 cm³/mol. The number of methoxy groups -OCH3 is 1. The predicted octanol–water partition coefficient (Wildman–Crippen LogP) is 6.03. The maximum absolute atomic E-state index is 13.0. The first-order valence-electron chi connectivity index (χ1n) is 9.90. The van der Waals surface area contributed by atoms with Crippen LogP contribution in [0.25, 0.3) is 11.0 Å². The van der Waals surface area contributed by atoms with E-state index < -0.39 is 6.61 Å². The number of benzene rings is 2. The van der Waals surface area contributed by atoms with Gasteiger partial charge in [0.05, 0.1) is 7.11 Å². The van der Waals surface area contributed by atoms with Crippen LogP contribution in [0.1, 0.15) is 27.4 Å². The van der Waals surface area contributed by atoms with Crippen molar-refractivity contribution in [2.45, 2.75) is 30.2 Å². The fourth-order valence-corrected chi connectivity index (χ4v) is 5.11. The number of furan rings is 1. The van der Waals surface area contributed by atoms with Gasteiger partial charge in [0.2, 0.25) is 0 Å². The summed E-state index contributed by atoms with van der Waals surface area (Å²) in [5.41, 5.74) is 3.04. The van der Waals surface area contributed by atoms with Crippen molar-refractivity contribution in [1.82, 2.24) is 10.3 Å². The first-order chi connectivity index (χ1) is 15.9. The minimum absolute atomic E-state index is 0.0726. The van der Waals surface area contributed by atoms with E-state index in [2.05, 4.69) is 15.0 Å². The van der Waals surface area contributed by atoms with E-state index >= 15 is 0 Å². The number of aryl methyl sites for hydroxylation is 1. The van der Waals surface area contributed by atoms with E-state index in [1.165, 1.54) is 19.2 Å². The van der Waals surface area contributed by atoms with E-state index in [9.17, 15) is 13.6 Å². The summed E-state index contributed by atoms with van der Waals surface area (Å²) in [6.45, 7) is -0.866. The van der Waals surface area contributed by atoms with Gasteiger partial charge in [-0.05, 0) is 30.7 Å². The lowest BCUT2D eigenvalue weighted by Crippen LogP contribution is -2.23. The number of halogens is 2. The third-order valence-corrected chi connectivity index (χ3v) is 6.90. The molecule has 0 saturated heterocycles. The molecule has 172 valence electrons. The van der Waals surface area contributed by atoms with Crippen LogP contribution in [-0.4, -0.2) is 24.6 Å². The van der Waals surface area contributed by atoms with Crippen molar-refractivity contribution in [3.05, 3.63) is 70.4 Å². The number of aromatic nitrogens is 1. The molecule has 6 nitrogen and oxygen atoms in total. The summed E-state index contributed by atoms with van der Waals surface area (Å²) in [6, 6.07) is 12.0. The smallest absolute Gasteiger partial charge is 0.387 e. The summed E-state index contributed by atoms with van der Waals surface area (Å²) < 4.78 is 41.4. The van der Waals surface area contributed by atoms with Gasteiger partial charge in [-0.25, -0.2) is 4.98 Å². The summed E-state index contributed by atoms with van der Waals surface area (Å²) in [5, 5.41) is 5.69. The molecule has 0 aliphatic carbocycles. The summed E-state index contributed by atoms with van der Waals surface area (Å²) in [6.07, 6.45) is 0. The standard InChI is InChI=1S/C23H20F2N2O4S2/c1-13-11-32-23(27-13)33-12-16-15-5-3-4-6-17(15)30-20(16)21(28)26-10-14-7-8-18(31-22(24)25)19(9-14)29-2/h3-9,11,22H,10,12H2,1-2H3,(H,26,28). The molecule has 0 aliphatic heterocycles. The number of fused-ring (bicyclic) bond motifs is 1. The number of carbonyl (C=O) groups is 1. The first-order valence-corrected chi connectivity index (χ1v) is 11.8. The van der Waals surface area contributed by atoms with Crippen LogP contribution in [0, 0.1) is 6.92 Å². The van der Waals surface area contributed by atoms with Gasteiger partial charge in [0.25, 0.3) is 5.91 Å². The Morgan fingerprint density at radius 2 is 2.06 bits per heavy atom. The normalized spacial score (nSPS) is 11.2. The fourth-order valence-electron chi connectivity index (χ4n) is 3.24. The molecule has 0 atom stereocenters. The average molecular weight is 491 g/mol. The molecule has 10 heteroatoms. The molecule has 0 spiro atoms. The molecule has 0 aliphatic rings. The average Bonchev–Trinajstić information content (AvgIpc) is 3.39. The largest absolute Gasteiger partial charge is 0.493 e. The van der Waals surface area contributed by atoms with E-state index in [1.807, 2.05) is 36.6 Å². The van der Waals surface area contributed by atoms with Crippen LogP contribution in [0.15, 0.2) is 56.6 Å². The molecule has 0 saturated carbocycles. The van der Waals surface area contributed by atoms with Gasteiger partial charge < -0.3 is 19.2 Å². The molecule has 0 fully saturated rings. The highest BCUT2D eigenvalue weighted by atomic mass is 32.2. The molecule has 2 aromatic heterocycles. The van der Waals surface area contributed by atoms with Gasteiger partial charge in [-0.3, -0.25) is 4.79 Å². The zero-order valence-electron chi connectivity index (χ0n) is 17.8. The van der Waals surface area contributed by atoms with Crippen molar-refractivity contribution < 1.29 is 27.5 Å². The van der Waals surface area contributed by atoms with E-state index in [0.29, 0.717) is 16.9 Å². The van der Waals surface area contributed by atoms with Gasteiger partial charge in [-0.1, -0.05) is 36.0 Å². The number of ether oxygens (including phenoxy) is 2. The Labute approximate surface area is 196 Å². The Kier molecular flexibility index (Phi) is 7.14. The van der Waals surface area contributed by atoms with Gasteiger partial charge in [-0.15, -0.1) is 11.3 Å². The van der Waals surface area contributed by atoms with E-state index in [1.54, 1.807) is 29.2 Å². The minimum Gasteiger partial charge on any atom is -0.493 e. The molecule has 0 unspecified atom stereocenters. The van der Waals surface area contributed by atoms with Crippen molar-refractivity contribution in [3.63, 3.8) is 0 Å². The molecule has 0 radical (unpaired) electrons. The Balaban J connectivity index is 1.52. The fraction of sp³-hybridized carbons (Fsp3) is 0.217. The van der Waals surface area contributed by atoms with Crippen molar-refractivity contribution in [2.75, 3.05) is 7.11 Å². The van der Waals surface area contributed by atoms with E-state index in [-0.39, 0.29) is 29.7 Å². The lowest BCUT2D eigenvalue weighted by atomic mass is 10.1. The quantitative estimate of drug-likeness (QED) is 0.289. The van der Waals surface area contributed by atoms with E-state index in [0.717, 1.165) is 21.0 Å². The lowest BCUT2D eigenvalue weighted by Gasteiger charge is -2.12.